The van der Waals surface area contributed by atoms with E-state index in [9.17, 15) is 9.59 Å². The van der Waals surface area contributed by atoms with Crippen LogP contribution in [-0.2, 0) is 16.1 Å². The predicted molar refractivity (Wildman–Crippen MR) is 99.9 cm³/mol. The highest BCUT2D eigenvalue weighted by molar-refractivity contribution is 5.93. The molecule has 140 valence electrons. The molecule has 0 atom stereocenters. The smallest absolute Gasteiger partial charge is 0.339 e. The molecule has 0 aromatic carbocycles. The number of anilines is 1. The Bertz CT molecular complexity index is 960. The number of esters is 1. The molecule has 1 amide bonds. The van der Waals surface area contributed by atoms with Crippen LogP contribution in [0.4, 0.5) is 5.69 Å². The number of ether oxygens (including phenoxy) is 1. The van der Waals surface area contributed by atoms with Crippen molar-refractivity contribution in [3.63, 3.8) is 0 Å². The summed E-state index contributed by atoms with van der Waals surface area (Å²) >= 11 is 0. The molecule has 0 aliphatic rings. The van der Waals surface area contributed by atoms with Gasteiger partial charge < -0.3 is 14.6 Å². The number of nitrogens with zero attached hydrogens (tertiary/aromatic N) is 4. The van der Waals surface area contributed by atoms with E-state index in [0.29, 0.717) is 29.4 Å². The van der Waals surface area contributed by atoms with Crippen LogP contribution in [0.1, 0.15) is 28.7 Å². The topological polar surface area (TPSA) is 91.0 Å². The highest BCUT2D eigenvalue weighted by Gasteiger charge is 2.18. The van der Waals surface area contributed by atoms with Gasteiger partial charge in [-0.05, 0) is 45.0 Å². The third-order valence-electron chi connectivity index (χ3n) is 4.15. The number of pyridine rings is 1. The van der Waals surface area contributed by atoms with Crippen LogP contribution in [0, 0.1) is 13.8 Å². The number of hydrogen-bond acceptors (Lipinski definition) is 5. The monoisotopic (exact) mass is 367 g/mol. The molecule has 3 aromatic heterocycles. The second-order valence-electron chi connectivity index (χ2n) is 5.96. The standard InChI is InChI=1S/C19H21N5O3/c1-4-27-19(26)15-11-13(2)23(14(15)3)12-17(25)22-16-7-5-8-20-18(16)24-10-6-9-21-24/h5-11H,4,12H2,1-3H3,(H,22,25). The van der Waals surface area contributed by atoms with Gasteiger partial charge in [-0.15, -0.1) is 0 Å². The van der Waals surface area contributed by atoms with Crippen molar-refractivity contribution in [2.24, 2.45) is 0 Å². The number of hydrogen-bond donors (Lipinski definition) is 1. The van der Waals surface area contributed by atoms with Crippen molar-refractivity contribution < 1.29 is 14.3 Å². The van der Waals surface area contributed by atoms with E-state index in [1.54, 1.807) is 66.0 Å². The third kappa shape index (κ3) is 3.89. The summed E-state index contributed by atoms with van der Waals surface area (Å²) in [6.45, 7) is 5.79. The Morgan fingerprint density at radius 1 is 1.22 bits per heavy atom. The molecule has 0 bridgehead atoms. The van der Waals surface area contributed by atoms with E-state index >= 15 is 0 Å². The zero-order chi connectivity index (χ0) is 19.4. The third-order valence-corrected chi connectivity index (χ3v) is 4.15. The summed E-state index contributed by atoms with van der Waals surface area (Å²) in [7, 11) is 0. The minimum Gasteiger partial charge on any atom is -0.462 e. The maximum atomic E-state index is 12.6. The Morgan fingerprint density at radius 2 is 2.04 bits per heavy atom. The lowest BCUT2D eigenvalue weighted by Crippen LogP contribution is -2.21. The molecule has 0 radical (unpaired) electrons. The van der Waals surface area contributed by atoms with Gasteiger partial charge in [-0.25, -0.2) is 14.5 Å². The minimum atomic E-state index is -0.384. The van der Waals surface area contributed by atoms with Crippen LogP contribution in [0.5, 0.6) is 0 Å². The molecule has 0 spiro atoms. The Labute approximate surface area is 156 Å². The van der Waals surface area contributed by atoms with Crippen molar-refractivity contribution in [2.75, 3.05) is 11.9 Å². The molecule has 3 heterocycles. The first-order chi connectivity index (χ1) is 13.0. The summed E-state index contributed by atoms with van der Waals surface area (Å²) in [6.07, 6.45) is 5.03. The van der Waals surface area contributed by atoms with Crippen molar-refractivity contribution in [1.29, 1.82) is 0 Å². The van der Waals surface area contributed by atoms with Crippen molar-refractivity contribution >= 4 is 17.6 Å². The zero-order valence-corrected chi connectivity index (χ0v) is 15.5. The van der Waals surface area contributed by atoms with Crippen LogP contribution in [0.3, 0.4) is 0 Å². The number of amides is 1. The van der Waals surface area contributed by atoms with Gasteiger partial charge in [0.15, 0.2) is 5.82 Å². The lowest BCUT2D eigenvalue weighted by atomic mass is 10.2. The van der Waals surface area contributed by atoms with Gasteiger partial charge in [-0.3, -0.25) is 4.79 Å². The van der Waals surface area contributed by atoms with Crippen molar-refractivity contribution in [3.05, 3.63) is 59.8 Å². The maximum absolute atomic E-state index is 12.6. The molecular weight excluding hydrogens is 346 g/mol. The van der Waals surface area contributed by atoms with Gasteiger partial charge in [0.1, 0.15) is 6.54 Å². The fourth-order valence-corrected chi connectivity index (χ4v) is 2.86. The highest BCUT2D eigenvalue weighted by atomic mass is 16.5. The molecule has 0 aliphatic heterocycles. The first-order valence-corrected chi connectivity index (χ1v) is 8.60. The Morgan fingerprint density at radius 3 is 2.74 bits per heavy atom. The molecule has 0 fully saturated rings. The van der Waals surface area contributed by atoms with Gasteiger partial charge in [-0.1, -0.05) is 0 Å². The van der Waals surface area contributed by atoms with Crippen LogP contribution >= 0.6 is 0 Å². The van der Waals surface area contributed by atoms with E-state index in [1.807, 2.05) is 6.92 Å². The predicted octanol–water partition coefficient (Wildman–Crippen LogP) is 2.50. The van der Waals surface area contributed by atoms with Crippen molar-refractivity contribution in [3.8, 4) is 5.82 Å². The lowest BCUT2D eigenvalue weighted by Gasteiger charge is -2.12. The number of aryl methyl sites for hydroxylation is 1. The average Bonchev–Trinajstić information content (AvgIpc) is 3.26. The maximum Gasteiger partial charge on any atom is 0.339 e. The van der Waals surface area contributed by atoms with E-state index in [0.717, 1.165) is 5.69 Å². The Balaban J connectivity index is 1.79. The van der Waals surface area contributed by atoms with Crippen LogP contribution in [-0.4, -0.2) is 37.8 Å². The van der Waals surface area contributed by atoms with E-state index in [1.165, 1.54) is 0 Å². The summed E-state index contributed by atoms with van der Waals surface area (Å²) in [6, 6.07) is 7.03. The molecule has 3 rings (SSSR count). The first kappa shape index (κ1) is 18.4. The lowest BCUT2D eigenvalue weighted by molar-refractivity contribution is -0.116. The average molecular weight is 367 g/mol. The summed E-state index contributed by atoms with van der Waals surface area (Å²) < 4.78 is 8.43. The number of aromatic nitrogens is 4. The van der Waals surface area contributed by atoms with Crippen molar-refractivity contribution in [2.45, 2.75) is 27.3 Å². The fourth-order valence-electron chi connectivity index (χ4n) is 2.86. The SMILES string of the molecule is CCOC(=O)c1cc(C)n(CC(=O)Nc2cccnc2-n2cccn2)c1C. The molecule has 8 heteroatoms. The van der Waals surface area contributed by atoms with E-state index in [2.05, 4.69) is 15.4 Å². The first-order valence-electron chi connectivity index (χ1n) is 8.60. The van der Waals surface area contributed by atoms with E-state index in [4.69, 9.17) is 4.74 Å². The minimum absolute atomic E-state index is 0.0739. The van der Waals surface area contributed by atoms with Gasteiger partial charge in [0.2, 0.25) is 5.91 Å². The van der Waals surface area contributed by atoms with Gasteiger partial charge in [0.05, 0.1) is 17.9 Å². The molecule has 8 nitrogen and oxygen atoms in total. The Hall–Kier alpha value is -3.42. The van der Waals surface area contributed by atoms with Crippen LogP contribution in [0.25, 0.3) is 5.82 Å². The number of carbonyl (C=O) groups excluding carboxylic acids is 2. The summed E-state index contributed by atoms with van der Waals surface area (Å²) in [5.41, 5.74) is 2.53. The molecule has 0 aliphatic carbocycles. The normalized spacial score (nSPS) is 10.6. The van der Waals surface area contributed by atoms with Crippen LogP contribution in [0.15, 0.2) is 42.9 Å². The quantitative estimate of drug-likeness (QED) is 0.676. The second kappa shape index (κ2) is 7.86. The molecule has 0 saturated carbocycles. The van der Waals surface area contributed by atoms with Crippen LogP contribution < -0.4 is 5.32 Å². The molecule has 1 N–H and O–H groups in total. The molecule has 0 unspecified atom stereocenters. The largest absolute Gasteiger partial charge is 0.462 e. The van der Waals surface area contributed by atoms with Gasteiger partial charge >= 0.3 is 5.97 Å². The Kier molecular flexibility index (Phi) is 5.35. The van der Waals surface area contributed by atoms with Gasteiger partial charge in [0.25, 0.3) is 0 Å². The summed E-state index contributed by atoms with van der Waals surface area (Å²) in [5, 5.41) is 7.02. The van der Waals surface area contributed by atoms with Crippen molar-refractivity contribution in [1.82, 2.24) is 19.3 Å². The van der Waals surface area contributed by atoms with E-state index < -0.39 is 0 Å². The molecule has 27 heavy (non-hydrogen) atoms. The number of rotatable bonds is 6. The summed E-state index contributed by atoms with van der Waals surface area (Å²) in [4.78, 5) is 28.9. The number of nitrogens with one attached hydrogen (secondary N) is 1. The molecule has 3 aromatic rings. The summed E-state index contributed by atoms with van der Waals surface area (Å²) in [5.74, 6) is -0.0805. The zero-order valence-electron chi connectivity index (χ0n) is 15.5. The molecule has 0 saturated heterocycles. The van der Waals surface area contributed by atoms with E-state index in [-0.39, 0.29) is 18.4 Å². The highest BCUT2D eigenvalue weighted by Crippen LogP contribution is 2.19. The van der Waals surface area contributed by atoms with Crippen LogP contribution in [0.2, 0.25) is 0 Å². The van der Waals surface area contributed by atoms with Gasteiger partial charge in [-0.2, -0.15) is 5.10 Å². The second-order valence-corrected chi connectivity index (χ2v) is 5.96. The number of carbonyl (C=O) groups is 2. The van der Waals surface area contributed by atoms with Gasteiger partial charge in [0, 0.05) is 30.0 Å². The molecular formula is C19H21N5O3. The fraction of sp³-hybridized carbons (Fsp3) is 0.263.